The van der Waals surface area contributed by atoms with E-state index < -0.39 is 87.2 Å². The zero-order valence-corrected chi connectivity index (χ0v) is 17.4. The van der Waals surface area contributed by atoms with Crippen molar-refractivity contribution >= 4 is 11.8 Å². The second-order valence-electron chi connectivity index (χ2n) is 7.21. The van der Waals surface area contributed by atoms with E-state index in [0.717, 1.165) is 6.92 Å². The maximum atomic E-state index is 14.2. The van der Waals surface area contributed by atoms with E-state index in [4.69, 9.17) is 0 Å². The van der Waals surface area contributed by atoms with Gasteiger partial charge in [-0.1, -0.05) is 26.2 Å². The van der Waals surface area contributed by atoms with Crippen LogP contribution in [-0.4, -0.2) is 22.8 Å². The monoisotopic (exact) mass is 503 g/mol. The van der Waals surface area contributed by atoms with E-state index in [-0.39, 0.29) is 17.7 Å². The van der Waals surface area contributed by atoms with Crippen LogP contribution in [0.3, 0.4) is 0 Å². The van der Waals surface area contributed by atoms with Crippen LogP contribution in [0.25, 0.3) is 0 Å². The summed E-state index contributed by atoms with van der Waals surface area (Å²) >= 11 is 0. The van der Waals surface area contributed by atoms with Crippen LogP contribution in [0.4, 0.5) is 43.9 Å². The Morgan fingerprint density at radius 1 is 0.588 bits per heavy atom. The van der Waals surface area contributed by atoms with Crippen LogP contribution in [0, 0.1) is 58.2 Å². The van der Waals surface area contributed by atoms with E-state index in [1.54, 1.807) is 6.92 Å². The smallest absolute Gasteiger partial charge is 0.267 e. The number of carbonyl (C=O) groups is 2. The zero-order valence-electron chi connectivity index (χ0n) is 17.4. The third kappa shape index (κ3) is 4.60. The Labute approximate surface area is 186 Å². The molecule has 0 saturated carbocycles. The summed E-state index contributed by atoms with van der Waals surface area (Å²) in [5, 5.41) is 0. The normalized spacial score (nSPS) is 12.1. The molecule has 0 spiro atoms. The van der Waals surface area contributed by atoms with Crippen molar-refractivity contribution < 1.29 is 53.5 Å². The van der Waals surface area contributed by atoms with E-state index in [0.29, 0.717) is 12.8 Å². The van der Waals surface area contributed by atoms with E-state index >= 15 is 0 Å². The van der Waals surface area contributed by atoms with Crippen molar-refractivity contribution in [3.8, 4) is 0 Å². The molecule has 1 atom stereocenters. The van der Waals surface area contributed by atoms with Crippen LogP contribution in [-0.2, 0) is 0 Å². The largest absolute Gasteiger partial charge is 0.271 e. The lowest BCUT2D eigenvalue weighted by atomic mass is 10.0. The average molecular weight is 503 g/mol. The van der Waals surface area contributed by atoms with Gasteiger partial charge >= 0.3 is 0 Å². The van der Waals surface area contributed by atoms with Gasteiger partial charge < -0.3 is 0 Å². The van der Waals surface area contributed by atoms with Crippen molar-refractivity contribution in [1.82, 2.24) is 4.90 Å². The fourth-order valence-corrected chi connectivity index (χ4v) is 3.14. The van der Waals surface area contributed by atoms with Crippen molar-refractivity contribution in [2.45, 2.75) is 45.6 Å². The maximum Gasteiger partial charge on any atom is 0.267 e. The molecule has 0 aliphatic heterocycles. The Bertz CT molecular complexity index is 1010. The molecule has 2 aromatic carbocycles. The third-order valence-electron chi connectivity index (χ3n) is 4.95. The summed E-state index contributed by atoms with van der Waals surface area (Å²) in [6, 6.07) is -1.52. The molecule has 186 valence electrons. The number of imide groups is 1. The zero-order chi connectivity index (χ0) is 26.1. The Morgan fingerprint density at radius 3 is 1.18 bits per heavy atom. The minimum atomic E-state index is -2.63. The summed E-state index contributed by atoms with van der Waals surface area (Å²) in [7, 11) is 0. The molecule has 0 aromatic heterocycles. The lowest BCUT2D eigenvalue weighted by molar-refractivity contribution is 0.0533. The van der Waals surface area contributed by atoms with Crippen molar-refractivity contribution in [3.63, 3.8) is 0 Å². The van der Waals surface area contributed by atoms with E-state index in [1.807, 2.05) is 0 Å². The van der Waals surface area contributed by atoms with Gasteiger partial charge in [-0.3, -0.25) is 14.5 Å². The van der Waals surface area contributed by atoms with Gasteiger partial charge in [0.15, 0.2) is 46.5 Å². The van der Waals surface area contributed by atoms with Gasteiger partial charge in [0.05, 0.1) is 0 Å². The number of nitrogens with zero attached hydrogens (tertiary/aromatic N) is 1. The summed E-state index contributed by atoms with van der Waals surface area (Å²) in [4.78, 5) is 25.3. The molecule has 0 heterocycles. The Kier molecular flexibility index (Phi) is 8.32. The van der Waals surface area contributed by atoms with Gasteiger partial charge in [0.1, 0.15) is 11.1 Å². The molecule has 2 amide bonds. The molecule has 3 nitrogen and oxygen atoms in total. The second-order valence-corrected chi connectivity index (χ2v) is 7.21. The number of carbonyl (C=O) groups excluding carboxylic acids is 2. The van der Waals surface area contributed by atoms with Gasteiger partial charge in [0.25, 0.3) is 11.8 Å². The van der Waals surface area contributed by atoms with Gasteiger partial charge in [-0.05, 0) is 13.3 Å². The van der Waals surface area contributed by atoms with Gasteiger partial charge in [-0.2, -0.15) is 0 Å². The Balaban J connectivity index is 2.75. The molecule has 1 unspecified atom stereocenters. The maximum absolute atomic E-state index is 14.2. The van der Waals surface area contributed by atoms with Gasteiger partial charge in [-0.15, -0.1) is 0 Å². The van der Waals surface area contributed by atoms with Gasteiger partial charge in [-0.25, -0.2) is 43.9 Å². The predicted molar refractivity (Wildman–Crippen MR) is 96.6 cm³/mol. The highest BCUT2D eigenvalue weighted by molar-refractivity contribution is 6.11. The van der Waals surface area contributed by atoms with Crippen molar-refractivity contribution in [1.29, 1.82) is 0 Å². The molecule has 2 rings (SSSR count). The molecule has 0 fully saturated rings. The quantitative estimate of drug-likeness (QED) is 0.146. The highest BCUT2D eigenvalue weighted by Crippen LogP contribution is 2.29. The van der Waals surface area contributed by atoms with Crippen molar-refractivity contribution in [2.75, 3.05) is 0 Å². The SMILES string of the molecule is CCCCCC(C)N(C(=O)c1c(F)c(F)c(F)c(F)c1F)C(=O)c1c(F)c(F)c(F)c(F)c1F. The van der Waals surface area contributed by atoms with Crippen LogP contribution in [0.5, 0.6) is 0 Å². The summed E-state index contributed by atoms with van der Waals surface area (Å²) in [5.74, 6) is -30.5. The summed E-state index contributed by atoms with van der Waals surface area (Å²) in [5.41, 5.74) is -4.29. The molecule has 13 heteroatoms. The molecule has 0 radical (unpaired) electrons. The van der Waals surface area contributed by atoms with Crippen LogP contribution in [0.15, 0.2) is 0 Å². The fourth-order valence-electron chi connectivity index (χ4n) is 3.14. The minimum absolute atomic E-state index is 0.198. The number of benzene rings is 2. The van der Waals surface area contributed by atoms with Crippen LogP contribution in [0.1, 0.15) is 60.2 Å². The van der Waals surface area contributed by atoms with Gasteiger partial charge in [0.2, 0.25) is 11.6 Å². The standard InChI is InChI=1S/C21H15F10NO2/c1-3-4-5-6-7(2)32(20(33)8-10(22)14(26)18(30)15(27)11(8)23)21(34)9-12(24)16(28)19(31)17(29)13(9)25/h7H,3-6H2,1-2H3. The summed E-state index contributed by atoms with van der Waals surface area (Å²) in [6.07, 6.45) is 1.06. The fraction of sp³-hybridized carbons (Fsp3) is 0.333. The molecule has 34 heavy (non-hydrogen) atoms. The first-order valence-corrected chi connectivity index (χ1v) is 9.70. The number of hydrogen-bond acceptors (Lipinski definition) is 2. The number of unbranched alkanes of at least 4 members (excludes halogenated alkanes) is 2. The third-order valence-corrected chi connectivity index (χ3v) is 4.95. The lowest BCUT2D eigenvalue weighted by Crippen LogP contribution is -2.45. The van der Waals surface area contributed by atoms with Crippen LogP contribution >= 0.6 is 0 Å². The van der Waals surface area contributed by atoms with E-state index in [1.165, 1.54) is 0 Å². The number of amides is 2. The van der Waals surface area contributed by atoms with Crippen LogP contribution in [0.2, 0.25) is 0 Å². The van der Waals surface area contributed by atoms with E-state index in [2.05, 4.69) is 0 Å². The van der Waals surface area contributed by atoms with E-state index in [9.17, 15) is 53.5 Å². The average Bonchev–Trinajstić information content (AvgIpc) is 2.79. The molecule has 0 N–H and O–H groups in total. The van der Waals surface area contributed by atoms with Gasteiger partial charge in [0, 0.05) is 6.04 Å². The minimum Gasteiger partial charge on any atom is -0.271 e. The molecular weight excluding hydrogens is 488 g/mol. The molecule has 2 aromatic rings. The number of hydrogen-bond donors (Lipinski definition) is 0. The highest BCUT2D eigenvalue weighted by atomic mass is 19.2. The van der Waals surface area contributed by atoms with Crippen molar-refractivity contribution in [3.05, 3.63) is 69.3 Å². The first-order chi connectivity index (χ1) is 15.8. The Hall–Kier alpha value is -3.12. The summed E-state index contributed by atoms with van der Waals surface area (Å²) < 4.78 is 138. The second kappa shape index (κ2) is 10.4. The Morgan fingerprint density at radius 2 is 0.882 bits per heavy atom. The first-order valence-electron chi connectivity index (χ1n) is 9.70. The number of halogens is 10. The first kappa shape index (κ1) is 27.1. The van der Waals surface area contributed by atoms with Crippen molar-refractivity contribution in [2.24, 2.45) is 0 Å². The molecular formula is C21H15F10NO2. The molecule has 0 aliphatic carbocycles. The van der Waals surface area contributed by atoms with Crippen LogP contribution < -0.4 is 0 Å². The highest BCUT2D eigenvalue weighted by Gasteiger charge is 2.40. The lowest BCUT2D eigenvalue weighted by Gasteiger charge is -2.28. The molecule has 0 saturated heterocycles. The number of rotatable bonds is 7. The predicted octanol–water partition coefficient (Wildman–Crippen LogP) is 6.33. The topological polar surface area (TPSA) is 37.4 Å². The molecule has 0 aliphatic rings. The molecule has 0 bridgehead atoms. The summed E-state index contributed by atoms with van der Waals surface area (Å²) in [6.45, 7) is 2.76.